The first-order valence-electron chi connectivity index (χ1n) is 10.0. The minimum Gasteiger partial charge on any atom is -0.374 e. The van der Waals surface area contributed by atoms with Gasteiger partial charge in [-0.3, -0.25) is 0 Å². The molecule has 0 N–H and O–H groups in total. The summed E-state index contributed by atoms with van der Waals surface area (Å²) in [7, 11) is 6.36. The zero-order valence-corrected chi connectivity index (χ0v) is 19.3. The van der Waals surface area contributed by atoms with Crippen molar-refractivity contribution in [3.05, 3.63) is 84.2 Å². The van der Waals surface area contributed by atoms with Crippen molar-refractivity contribution < 1.29 is 9.13 Å². The molecule has 0 saturated heterocycles. The van der Waals surface area contributed by atoms with E-state index in [0.717, 1.165) is 12.3 Å². The molecule has 0 unspecified atom stereocenters. The fourth-order valence-corrected chi connectivity index (χ4v) is 5.73. The van der Waals surface area contributed by atoms with Gasteiger partial charge in [0, 0.05) is 43.2 Å². The van der Waals surface area contributed by atoms with E-state index in [1.165, 1.54) is 31.4 Å². The summed E-state index contributed by atoms with van der Waals surface area (Å²) in [4.78, 5) is 2.32. The van der Waals surface area contributed by atoms with Crippen LogP contribution in [0.5, 0.6) is 0 Å². The molecule has 2 heterocycles. The van der Waals surface area contributed by atoms with Crippen molar-refractivity contribution in [1.82, 2.24) is 0 Å². The van der Waals surface area contributed by atoms with Crippen LogP contribution in [0.15, 0.2) is 77.4 Å². The molecule has 0 saturated carbocycles. The van der Waals surface area contributed by atoms with Crippen LogP contribution in [0.1, 0.15) is 11.1 Å². The van der Waals surface area contributed by atoms with Gasteiger partial charge in [-0.1, -0.05) is 47.8 Å². The van der Waals surface area contributed by atoms with E-state index >= 15 is 0 Å². The van der Waals surface area contributed by atoms with Crippen LogP contribution in [-0.4, -0.2) is 19.3 Å². The molecule has 0 fully saturated rings. The molecule has 0 spiro atoms. The molecule has 0 aliphatic carbocycles. The van der Waals surface area contributed by atoms with Crippen molar-refractivity contribution in [2.75, 3.05) is 24.2 Å². The van der Waals surface area contributed by atoms with Gasteiger partial charge < -0.3 is 4.90 Å². The monoisotopic (exact) mass is 433 g/mol. The largest absolute Gasteiger partial charge is 0.374 e. The van der Waals surface area contributed by atoms with Crippen LogP contribution in [0, 0.1) is 0 Å². The summed E-state index contributed by atoms with van der Waals surface area (Å²) < 4.78 is 7.06. The molecule has 2 aromatic heterocycles. The van der Waals surface area contributed by atoms with Gasteiger partial charge in [-0.25, -0.2) is 4.57 Å². The lowest BCUT2D eigenvalue weighted by Gasteiger charge is -2.18. The molecule has 0 amide bonds. The Kier molecular flexibility index (Phi) is 6.50. The molecule has 4 rings (SSSR count). The van der Waals surface area contributed by atoms with Gasteiger partial charge in [-0.05, 0) is 41.1 Å². The highest BCUT2D eigenvalue weighted by Gasteiger charge is 2.16. The number of rotatable bonds is 7. The van der Waals surface area contributed by atoms with Crippen LogP contribution in [0.4, 0.5) is 5.69 Å². The van der Waals surface area contributed by atoms with E-state index in [1.807, 2.05) is 34.7 Å². The summed E-state index contributed by atoms with van der Waals surface area (Å²) in [5.74, 6) is 1.06. The molecule has 0 atom stereocenters. The van der Waals surface area contributed by atoms with Crippen molar-refractivity contribution in [2.24, 2.45) is 14.1 Å². The molecular formula is C25H27N3S2+2. The Morgan fingerprint density at radius 3 is 2.27 bits per heavy atom. The lowest BCUT2D eigenvalue weighted by atomic mass is 10.1. The predicted octanol–water partition coefficient (Wildman–Crippen LogP) is 4.95. The molecule has 30 heavy (non-hydrogen) atoms. The minimum atomic E-state index is 1.01. The second-order valence-electron chi connectivity index (χ2n) is 7.39. The molecular weight excluding hydrogens is 406 g/mol. The molecule has 0 aliphatic rings. The lowest BCUT2D eigenvalue weighted by Crippen LogP contribution is -2.28. The number of aromatic nitrogens is 2. The molecule has 0 bridgehead atoms. The smallest absolute Gasteiger partial charge is 0.298 e. The number of fused-ring (bicyclic) bond motifs is 1. The summed E-state index contributed by atoms with van der Waals surface area (Å²) in [6.07, 6.45) is 8.44. The first kappa shape index (κ1) is 20.6. The van der Waals surface area contributed by atoms with Crippen LogP contribution in [0.25, 0.3) is 22.4 Å². The quantitative estimate of drug-likeness (QED) is 0.302. The normalized spacial score (nSPS) is 11.4. The van der Waals surface area contributed by atoms with Crippen molar-refractivity contribution in [3.63, 3.8) is 0 Å². The van der Waals surface area contributed by atoms with E-state index in [2.05, 4.69) is 109 Å². The van der Waals surface area contributed by atoms with E-state index < -0.39 is 0 Å². The number of hydrogen-bond acceptors (Lipinski definition) is 3. The van der Waals surface area contributed by atoms with Crippen LogP contribution in [0.3, 0.4) is 0 Å². The first-order chi connectivity index (χ1) is 14.6. The average molecular weight is 434 g/mol. The number of anilines is 1. The van der Waals surface area contributed by atoms with Gasteiger partial charge in [0.2, 0.25) is 5.52 Å². The summed E-state index contributed by atoms with van der Waals surface area (Å²) in [5, 5.41) is 0. The average Bonchev–Trinajstić information content (AvgIpc) is 3.09. The number of hydrogen-bond donors (Lipinski definition) is 0. The molecule has 2 aromatic carbocycles. The fraction of sp³-hybridized carbons (Fsp3) is 0.200. The zero-order chi connectivity index (χ0) is 20.9. The Hall–Kier alpha value is -2.63. The third-order valence-electron chi connectivity index (χ3n) is 5.16. The van der Waals surface area contributed by atoms with Gasteiger partial charge >= 0.3 is 0 Å². The summed E-state index contributed by atoms with van der Waals surface area (Å²) in [6.45, 7) is 1.01. The van der Waals surface area contributed by atoms with Crippen molar-refractivity contribution >= 4 is 51.2 Å². The lowest BCUT2D eigenvalue weighted by molar-refractivity contribution is -0.676. The number of thiazole rings is 1. The van der Waals surface area contributed by atoms with Gasteiger partial charge in [-0.2, -0.15) is 4.57 Å². The topological polar surface area (TPSA) is 11.0 Å². The van der Waals surface area contributed by atoms with Crippen molar-refractivity contribution in [3.8, 4) is 0 Å². The second-order valence-corrected chi connectivity index (χ2v) is 9.76. The zero-order valence-electron chi connectivity index (χ0n) is 17.7. The van der Waals surface area contributed by atoms with Gasteiger partial charge in [0.05, 0.1) is 0 Å². The molecule has 0 aliphatic heterocycles. The minimum absolute atomic E-state index is 1.01. The Balaban J connectivity index is 1.32. The van der Waals surface area contributed by atoms with E-state index in [-0.39, 0.29) is 0 Å². The Morgan fingerprint density at radius 1 is 0.900 bits per heavy atom. The maximum Gasteiger partial charge on any atom is 0.298 e. The van der Waals surface area contributed by atoms with Gasteiger partial charge in [-0.15, -0.1) is 0 Å². The van der Waals surface area contributed by atoms with E-state index in [9.17, 15) is 0 Å². The summed E-state index contributed by atoms with van der Waals surface area (Å²) in [6, 6.07) is 21.6. The maximum atomic E-state index is 2.32. The molecule has 3 nitrogen and oxygen atoms in total. The van der Waals surface area contributed by atoms with E-state index in [1.54, 1.807) is 0 Å². The highest BCUT2D eigenvalue weighted by molar-refractivity contribution is 8.01. The second kappa shape index (κ2) is 9.45. The van der Waals surface area contributed by atoms with E-state index in [0.29, 0.717) is 0 Å². The fourth-order valence-electron chi connectivity index (χ4n) is 3.26. The summed E-state index contributed by atoms with van der Waals surface area (Å²) >= 11 is 3.81. The van der Waals surface area contributed by atoms with E-state index in [4.69, 9.17) is 0 Å². The summed E-state index contributed by atoms with van der Waals surface area (Å²) in [5.41, 5.74) is 4.99. The maximum absolute atomic E-state index is 2.32. The number of para-hydroxylation sites is 1. The number of aryl methyl sites for hydroxylation is 2. The highest BCUT2D eigenvalue weighted by atomic mass is 32.2. The Labute approximate surface area is 186 Å². The standard InChI is InChI=1S/C25H27N3S2/c1-26-16-14-21(15-17-26)9-8-20-10-12-22(13-11-20)27(2)18-19-29-25-28(3)23-6-4-5-7-24(23)30-25/h4-17H,18-19H2,1-3H3/q+2. The van der Waals surface area contributed by atoms with Crippen molar-refractivity contribution in [2.45, 2.75) is 4.34 Å². The Morgan fingerprint density at radius 2 is 1.57 bits per heavy atom. The van der Waals surface area contributed by atoms with Crippen molar-refractivity contribution in [1.29, 1.82) is 0 Å². The first-order valence-corrected chi connectivity index (χ1v) is 11.9. The number of thioether (sulfide) groups is 1. The van der Waals surface area contributed by atoms with Crippen LogP contribution >= 0.6 is 23.1 Å². The molecule has 5 heteroatoms. The predicted molar refractivity (Wildman–Crippen MR) is 130 cm³/mol. The SMILES string of the molecule is CN(CCSc1sc2ccccc2[n+]1C)c1ccc(/C=C/c2cc[n+](C)cc2)cc1. The van der Waals surface area contributed by atoms with Gasteiger partial charge in [0.15, 0.2) is 12.4 Å². The van der Waals surface area contributed by atoms with Crippen LogP contribution in [-0.2, 0) is 14.1 Å². The molecule has 0 radical (unpaired) electrons. The Bertz CT molecular complexity index is 1150. The third kappa shape index (κ3) is 4.91. The third-order valence-corrected chi connectivity index (χ3v) is 7.68. The van der Waals surface area contributed by atoms with Crippen LogP contribution < -0.4 is 14.0 Å². The van der Waals surface area contributed by atoms with Gasteiger partial charge in [0.1, 0.15) is 18.8 Å². The van der Waals surface area contributed by atoms with Crippen LogP contribution in [0.2, 0.25) is 0 Å². The number of nitrogens with zero attached hydrogens (tertiary/aromatic N) is 3. The molecule has 152 valence electrons. The highest BCUT2D eigenvalue weighted by Crippen LogP contribution is 2.27. The molecule has 4 aromatic rings. The number of pyridine rings is 1. The van der Waals surface area contributed by atoms with Gasteiger partial charge in [0.25, 0.3) is 4.34 Å². The number of benzene rings is 2.